The van der Waals surface area contributed by atoms with Crippen LogP contribution in [0.5, 0.6) is 0 Å². The molecular formula is C20H27N5O2S. The van der Waals surface area contributed by atoms with Gasteiger partial charge in [-0.1, -0.05) is 34.8 Å². The zero-order valence-corrected chi connectivity index (χ0v) is 17.0. The van der Waals surface area contributed by atoms with Gasteiger partial charge in [0.15, 0.2) is 0 Å². The van der Waals surface area contributed by atoms with Crippen molar-refractivity contribution < 1.29 is 9.59 Å². The zero-order chi connectivity index (χ0) is 19.8. The molecular weight excluding hydrogens is 374 g/mol. The van der Waals surface area contributed by atoms with Crippen molar-refractivity contribution in [2.75, 3.05) is 26.2 Å². The minimum Gasteiger partial charge on any atom is -0.338 e. The Morgan fingerprint density at radius 3 is 2.61 bits per heavy atom. The molecule has 0 spiro atoms. The molecule has 1 aliphatic heterocycles. The zero-order valence-electron chi connectivity index (χ0n) is 16.2. The molecule has 3 rings (SSSR count). The molecule has 2 N–H and O–H groups in total. The summed E-state index contributed by atoms with van der Waals surface area (Å²) in [7, 11) is 0. The highest BCUT2D eigenvalue weighted by atomic mass is 32.1. The summed E-state index contributed by atoms with van der Waals surface area (Å²) in [6.45, 7) is 4.54. The first-order valence-electron chi connectivity index (χ1n) is 9.77. The van der Waals surface area contributed by atoms with Crippen LogP contribution < -0.4 is 10.6 Å². The number of benzene rings is 1. The number of nitrogens with one attached hydrogen (secondary N) is 2. The Morgan fingerprint density at radius 2 is 1.93 bits per heavy atom. The van der Waals surface area contributed by atoms with Gasteiger partial charge in [-0.25, -0.2) is 4.79 Å². The van der Waals surface area contributed by atoms with Crippen molar-refractivity contribution in [1.82, 2.24) is 25.1 Å². The number of carbonyl (C=O) groups excluding carboxylic acids is 2. The van der Waals surface area contributed by atoms with Gasteiger partial charge in [0.2, 0.25) is 0 Å². The van der Waals surface area contributed by atoms with Crippen LogP contribution in [0.15, 0.2) is 30.3 Å². The number of nitrogens with zero attached hydrogens (tertiary/aromatic N) is 3. The average Bonchev–Trinajstić information content (AvgIpc) is 3.16. The summed E-state index contributed by atoms with van der Waals surface area (Å²) in [5.41, 5.74) is 1.98. The van der Waals surface area contributed by atoms with Crippen LogP contribution in [0.4, 0.5) is 4.79 Å². The van der Waals surface area contributed by atoms with E-state index in [0.717, 1.165) is 37.2 Å². The van der Waals surface area contributed by atoms with E-state index < -0.39 is 0 Å². The second-order valence-corrected chi connectivity index (χ2v) is 7.90. The fourth-order valence-corrected chi connectivity index (χ4v) is 3.98. The van der Waals surface area contributed by atoms with E-state index in [4.69, 9.17) is 0 Å². The normalized spacial score (nSPS) is 14.7. The number of piperidine rings is 1. The molecule has 7 nitrogen and oxygen atoms in total. The number of carbonyl (C=O) groups is 2. The molecule has 1 saturated heterocycles. The Morgan fingerprint density at radius 1 is 1.18 bits per heavy atom. The molecule has 0 radical (unpaired) electrons. The van der Waals surface area contributed by atoms with Gasteiger partial charge in [0.25, 0.3) is 5.91 Å². The summed E-state index contributed by atoms with van der Waals surface area (Å²) in [5.74, 6) is 0.426. The predicted octanol–water partition coefficient (Wildman–Crippen LogP) is 2.63. The summed E-state index contributed by atoms with van der Waals surface area (Å²) in [6.07, 6.45) is 3.67. The van der Waals surface area contributed by atoms with Gasteiger partial charge in [0.1, 0.15) is 4.88 Å². The fourth-order valence-electron chi connectivity index (χ4n) is 3.35. The van der Waals surface area contributed by atoms with Crippen molar-refractivity contribution in [2.24, 2.45) is 5.92 Å². The van der Waals surface area contributed by atoms with E-state index in [1.807, 2.05) is 30.0 Å². The highest BCUT2D eigenvalue weighted by Crippen LogP contribution is 2.20. The Balaban J connectivity index is 1.29. The number of hydrogen-bond donors (Lipinski definition) is 2. The van der Waals surface area contributed by atoms with E-state index in [9.17, 15) is 9.59 Å². The third kappa shape index (κ3) is 5.76. The fraction of sp³-hybridized carbons (Fsp3) is 0.500. The van der Waals surface area contributed by atoms with Crippen LogP contribution in [0.3, 0.4) is 0 Å². The summed E-state index contributed by atoms with van der Waals surface area (Å²) < 4.78 is 3.84. The second kappa shape index (κ2) is 10.2. The number of rotatable bonds is 7. The Hall–Kier alpha value is -2.48. The summed E-state index contributed by atoms with van der Waals surface area (Å²) in [6, 6.07) is 10.2. The molecule has 8 heteroatoms. The monoisotopic (exact) mass is 401 g/mol. The van der Waals surface area contributed by atoms with Gasteiger partial charge < -0.3 is 15.5 Å². The molecule has 2 heterocycles. The molecule has 0 saturated carbocycles. The number of urea groups is 1. The van der Waals surface area contributed by atoms with Gasteiger partial charge in [-0.15, -0.1) is 5.10 Å². The van der Waals surface area contributed by atoms with Gasteiger partial charge in [0, 0.05) is 26.2 Å². The quantitative estimate of drug-likeness (QED) is 0.698. The van der Waals surface area contributed by atoms with E-state index in [0.29, 0.717) is 42.7 Å². The SMILES string of the molecule is Cc1nnsc1C(=O)N1CCC(CNC(=O)NCCCc2ccccc2)CC1. The third-order valence-corrected chi connectivity index (χ3v) is 5.89. The van der Waals surface area contributed by atoms with Gasteiger partial charge in [-0.3, -0.25) is 4.79 Å². The average molecular weight is 402 g/mol. The van der Waals surface area contributed by atoms with Crippen molar-refractivity contribution >= 4 is 23.5 Å². The van der Waals surface area contributed by atoms with Gasteiger partial charge in [-0.2, -0.15) is 0 Å². The van der Waals surface area contributed by atoms with E-state index in [1.54, 1.807) is 0 Å². The van der Waals surface area contributed by atoms with E-state index in [1.165, 1.54) is 5.56 Å². The van der Waals surface area contributed by atoms with Crippen molar-refractivity contribution in [3.8, 4) is 0 Å². The lowest BCUT2D eigenvalue weighted by Crippen LogP contribution is -2.43. The number of amides is 3. The first-order chi connectivity index (χ1) is 13.6. The third-order valence-electron chi connectivity index (χ3n) is 5.07. The van der Waals surface area contributed by atoms with Crippen molar-refractivity contribution in [1.29, 1.82) is 0 Å². The molecule has 0 atom stereocenters. The van der Waals surface area contributed by atoms with E-state index in [-0.39, 0.29) is 11.9 Å². The maximum Gasteiger partial charge on any atom is 0.314 e. The molecule has 3 amide bonds. The van der Waals surface area contributed by atoms with Crippen molar-refractivity contribution in [3.63, 3.8) is 0 Å². The molecule has 1 aliphatic rings. The van der Waals surface area contributed by atoms with Gasteiger partial charge in [-0.05, 0) is 55.6 Å². The van der Waals surface area contributed by atoms with E-state index in [2.05, 4.69) is 32.4 Å². The number of hydrogen-bond acceptors (Lipinski definition) is 5. The van der Waals surface area contributed by atoms with Gasteiger partial charge >= 0.3 is 6.03 Å². The van der Waals surface area contributed by atoms with Crippen LogP contribution in [0.2, 0.25) is 0 Å². The predicted molar refractivity (Wildman–Crippen MR) is 109 cm³/mol. The summed E-state index contributed by atoms with van der Waals surface area (Å²) in [4.78, 5) is 26.9. The first kappa shape index (κ1) is 20.3. The van der Waals surface area contributed by atoms with Crippen LogP contribution in [0.25, 0.3) is 0 Å². The largest absolute Gasteiger partial charge is 0.338 e. The van der Waals surface area contributed by atoms with E-state index >= 15 is 0 Å². The smallest absolute Gasteiger partial charge is 0.314 e. The Labute approximate surface area is 169 Å². The van der Waals surface area contributed by atoms with Crippen LogP contribution >= 0.6 is 11.5 Å². The molecule has 1 aromatic carbocycles. The number of likely N-dealkylation sites (tertiary alicyclic amines) is 1. The van der Waals surface area contributed by atoms with Crippen LogP contribution in [-0.4, -0.2) is 52.6 Å². The Bertz CT molecular complexity index is 772. The van der Waals surface area contributed by atoms with Crippen LogP contribution in [0, 0.1) is 12.8 Å². The van der Waals surface area contributed by atoms with Crippen LogP contribution in [0.1, 0.15) is 40.2 Å². The summed E-state index contributed by atoms with van der Waals surface area (Å²) >= 11 is 1.16. The molecule has 0 unspecified atom stereocenters. The molecule has 150 valence electrons. The lowest BCUT2D eigenvalue weighted by molar-refractivity contribution is 0.0694. The lowest BCUT2D eigenvalue weighted by atomic mass is 9.96. The molecule has 0 bridgehead atoms. The van der Waals surface area contributed by atoms with Crippen molar-refractivity contribution in [2.45, 2.75) is 32.6 Å². The highest BCUT2D eigenvalue weighted by molar-refractivity contribution is 7.07. The molecule has 0 aliphatic carbocycles. The number of aromatic nitrogens is 2. The lowest BCUT2D eigenvalue weighted by Gasteiger charge is -2.31. The molecule has 1 aromatic heterocycles. The summed E-state index contributed by atoms with van der Waals surface area (Å²) in [5, 5.41) is 9.79. The number of aryl methyl sites for hydroxylation is 2. The minimum absolute atomic E-state index is 0.0232. The van der Waals surface area contributed by atoms with Crippen LogP contribution in [-0.2, 0) is 6.42 Å². The van der Waals surface area contributed by atoms with Crippen molar-refractivity contribution in [3.05, 3.63) is 46.5 Å². The standard InChI is InChI=1S/C20H27N5O2S/c1-15-18(28-24-23-15)19(26)25-12-9-17(10-13-25)14-22-20(27)21-11-5-8-16-6-3-2-4-7-16/h2-4,6-7,17H,5,8-14H2,1H3,(H2,21,22,27). The molecule has 28 heavy (non-hydrogen) atoms. The maximum atomic E-state index is 12.5. The van der Waals surface area contributed by atoms with Gasteiger partial charge in [0.05, 0.1) is 5.69 Å². The topological polar surface area (TPSA) is 87.2 Å². The Kier molecular flexibility index (Phi) is 7.36. The maximum absolute atomic E-state index is 12.5. The second-order valence-electron chi connectivity index (χ2n) is 7.15. The molecule has 1 fully saturated rings. The minimum atomic E-state index is -0.113. The first-order valence-corrected chi connectivity index (χ1v) is 10.5. The molecule has 2 aromatic rings. The highest BCUT2D eigenvalue weighted by Gasteiger charge is 2.26.